The first kappa shape index (κ1) is 15.5. The standard InChI is InChI=1S/C12H15Cl2N3O3/c13-8-3-10(14)12(15-4-8)16-11(19)5-17-1-2-20-7-9(17)6-18/h3-4,9,18H,1-2,5-7H2,(H,15,16,19). The van der Waals surface area contributed by atoms with Gasteiger partial charge in [-0.3, -0.25) is 9.69 Å². The molecule has 0 aromatic carbocycles. The van der Waals surface area contributed by atoms with Crippen LogP contribution in [-0.2, 0) is 9.53 Å². The molecule has 2 rings (SSSR count). The van der Waals surface area contributed by atoms with Gasteiger partial charge in [-0.15, -0.1) is 0 Å². The summed E-state index contributed by atoms with van der Waals surface area (Å²) in [6.07, 6.45) is 1.41. The Hall–Kier alpha value is -0.920. The van der Waals surface area contributed by atoms with Crippen LogP contribution in [0.4, 0.5) is 5.82 Å². The van der Waals surface area contributed by atoms with Gasteiger partial charge in [0.2, 0.25) is 5.91 Å². The number of anilines is 1. The molecule has 1 unspecified atom stereocenters. The van der Waals surface area contributed by atoms with Crippen LogP contribution in [-0.4, -0.2) is 59.8 Å². The molecule has 20 heavy (non-hydrogen) atoms. The summed E-state index contributed by atoms with van der Waals surface area (Å²) >= 11 is 11.7. The smallest absolute Gasteiger partial charge is 0.239 e. The maximum atomic E-state index is 12.0. The Morgan fingerprint density at radius 1 is 1.60 bits per heavy atom. The van der Waals surface area contributed by atoms with E-state index in [9.17, 15) is 9.90 Å². The minimum Gasteiger partial charge on any atom is -0.395 e. The molecule has 110 valence electrons. The monoisotopic (exact) mass is 319 g/mol. The molecule has 0 radical (unpaired) electrons. The van der Waals surface area contributed by atoms with Gasteiger partial charge in [0, 0.05) is 12.7 Å². The van der Waals surface area contributed by atoms with E-state index in [1.54, 1.807) is 0 Å². The van der Waals surface area contributed by atoms with Crippen molar-refractivity contribution in [1.29, 1.82) is 0 Å². The average Bonchev–Trinajstić information content (AvgIpc) is 2.42. The van der Waals surface area contributed by atoms with Gasteiger partial charge in [-0.25, -0.2) is 4.98 Å². The lowest BCUT2D eigenvalue weighted by atomic mass is 10.2. The van der Waals surface area contributed by atoms with Crippen molar-refractivity contribution in [2.24, 2.45) is 0 Å². The van der Waals surface area contributed by atoms with Gasteiger partial charge in [-0.2, -0.15) is 0 Å². The molecule has 0 aliphatic carbocycles. The lowest BCUT2D eigenvalue weighted by Gasteiger charge is -2.33. The number of hydrogen-bond donors (Lipinski definition) is 2. The Kier molecular flexibility index (Phi) is 5.56. The molecule has 1 saturated heterocycles. The van der Waals surface area contributed by atoms with Crippen molar-refractivity contribution >= 4 is 34.9 Å². The third-order valence-electron chi connectivity index (χ3n) is 2.97. The van der Waals surface area contributed by atoms with Crippen molar-refractivity contribution in [2.45, 2.75) is 6.04 Å². The number of aliphatic hydroxyl groups excluding tert-OH is 1. The highest BCUT2D eigenvalue weighted by molar-refractivity contribution is 6.36. The second-order valence-electron chi connectivity index (χ2n) is 4.41. The van der Waals surface area contributed by atoms with E-state index in [1.165, 1.54) is 12.3 Å². The van der Waals surface area contributed by atoms with Gasteiger partial charge in [0.25, 0.3) is 0 Å². The zero-order valence-corrected chi connectivity index (χ0v) is 12.2. The maximum absolute atomic E-state index is 12.0. The number of aromatic nitrogens is 1. The number of carbonyl (C=O) groups is 1. The first-order valence-corrected chi connectivity index (χ1v) is 6.89. The summed E-state index contributed by atoms with van der Waals surface area (Å²) in [7, 11) is 0. The molecule has 2 N–H and O–H groups in total. The molecular formula is C12H15Cl2N3O3. The summed E-state index contributed by atoms with van der Waals surface area (Å²) < 4.78 is 5.25. The molecular weight excluding hydrogens is 305 g/mol. The van der Waals surface area contributed by atoms with E-state index in [4.69, 9.17) is 27.9 Å². The zero-order chi connectivity index (χ0) is 14.5. The predicted molar refractivity (Wildman–Crippen MR) is 76.2 cm³/mol. The van der Waals surface area contributed by atoms with Gasteiger partial charge >= 0.3 is 0 Å². The van der Waals surface area contributed by atoms with Gasteiger partial charge in [0.15, 0.2) is 5.82 Å². The number of hydrogen-bond acceptors (Lipinski definition) is 5. The van der Waals surface area contributed by atoms with Crippen molar-refractivity contribution in [1.82, 2.24) is 9.88 Å². The summed E-state index contributed by atoms with van der Waals surface area (Å²) in [6.45, 7) is 1.66. The predicted octanol–water partition coefficient (Wildman–Crippen LogP) is 1.02. The number of nitrogens with one attached hydrogen (secondary N) is 1. The Labute approximate surface area is 126 Å². The van der Waals surface area contributed by atoms with Gasteiger partial charge in [0.1, 0.15) is 0 Å². The summed E-state index contributed by atoms with van der Waals surface area (Å²) in [5.41, 5.74) is 0. The van der Waals surface area contributed by atoms with E-state index in [0.29, 0.717) is 24.8 Å². The molecule has 1 aromatic heterocycles. The first-order valence-electron chi connectivity index (χ1n) is 6.13. The summed E-state index contributed by atoms with van der Waals surface area (Å²) in [5, 5.41) is 12.5. The van der Waals surface area contributed by atoms with Crippen LogP contribution in [0.15, 0.2) is 12.3 Å². The fourth-order valence-corrected chi connectivity index (χ4v) is 2.36. The first-order chi connectivity index (χ1) is 9.60. The summed E-state index contributed by atoms with van der Waals surface area (Å²) in [6, 6.07) is 1.35. The number of ether oxygens (including phenoxy) is 1. The molecule has 1 fully saturated rings. The second-order valence-corrected chi connectivity index (χ2v) is 5.26. The van der Waals surface area contributed by atoms with Gasteiger partial charge in [-0.05, 0) is 6.07 Å². The van der Waals surface area contributed by atoms with E-state index >= 15 is 0 Å². The number of amides is 1. The summed E-state index contributed by atoms with van der Waals surface area (Å²) in [4.78, 5) is 17.8. The third-order valence-corrected chi connectivity index (χ3v) is 3.47. The molecule has 1 atom stereocenters. The van der Waals surface area contributed by atoms with Crippen LogP contribution in [0.2, 0.25) is 10.0 Å². The topological polar surface area (TPSA) is 74.7 Å². The Morgan fingerprint density at radius 3 is 3.10 bits per heavy atom. The van der Waals surface area contributed by atoms with Crippen molar-refractivity contribution < 1.29 is 14.6 Å². The van der Waals surface area contributed by atoms with Crippen LogP contribution in [0.25, 0.3) is 0 Å². The highest BCUT2D eigenvalue weighted by Gasteiger charge is 2.24. The van der Waals surface area contributed by atoms with E-state index in [2.05, 4.69) is 10.3 Å². The highest BCUT2D eigenvalue weighted by Crippen LogP contribution is 2.22. The number of pyridine rings is 1. The molecule has 8 heteroatoms. The number of morpholine rings is 1. The normalized spacial score (nSPS) is 19.9. The van der Waals surface area contributed by atoms with Gasteiger partial charge in [0.05, 0.1) is 42.5 Å². The fourth-order valence-electron chi connectivity index (χ4n) is 1.93. The molecule has 0 spiro atoms. The molecule has 1 amide bonds. The number of carbonyl (C=O) groups excluding carboxylic acids is 1. The fraction of sp³-hybridized carbons (Fsp3) is 0.500. The van der Waals surface area contributed by atoms with Crippen LogP contribution in [0.1, 0.15) is 0 Å². The lowest BCUT2D eigenvalue weighted by molar-refractivity contribution is -0.120. The number of halogens is 2. The van der Waals surface area contributed by atoms with Crippen LogP contribution in [0.3, 0.4) is 0 Å². The van der Waals surface area contributed by atoms with Crippen molar-refractivity contribution in [2.75, 3.05) is 38.2 Å². The van der Waals surface area contributed by atoms with Crippen molar-refractivity contribution in [3.63, 3.8) is 0 Å². The molecule has 6 nitrogen and oxygen atoms in total. The minimum atomic E-state index is -0.248. The molecule has 1 aromatic rings. The second kappa shape index (κ2) is 7.19. The third kappa shape index (κ3) is 4.04. The molecule has 0 saturated carbocycles. The average molecular weight is 320 g/mol. The zero-order valence-electron chi connectivity index (χ0n) is 10.7. The molecule has 1 aliphatic rings. The Bertz CT molecular complexity index is 487. The van der Waals surface area contributed by atoms with E-state index in [1.807, 2.05) is 4.90 Å². The van der Waals surface area contributed by atoms with Crippen molar-refractivity contribution in [3.05, 3.63) is 22.3 Å². The SMILES string of the molecule is O=C(CN1CCOCC1CO)Nc1ncc(Cl)cc1Cl. The quantitative estimate of drug-likeness (QED) is 0.866. The van der Waals surface area contributed by atoms with Crippen LogP contribution < -0.4 is 5.32 Å². The van der Waals surface area contributed by atoms with Crippen LogP contribution >= 0.6 is 23.2 Å². The maximum Gasteiger partial charge on any atom is 0.239 e. The molecule has 1 aliphatic heterocycles. The number of nitrogens with zero attached hydrogens (tertiary/aromatic N) is 2. The lowest BCUT2D eigenvalue weighted by Crippen LogP contribution is -2.50. The highest BCUT2D eigenvalue weighted by atomic mass is 35.5. The molecule has 2 heterocycles. The largest absolute Gasteiger partial charge is 0.395 e. The Morgan fingerprint density at radius 2 is 2.40 bits per heavy atom. The van der Waals surface area contributed by atoms with Crippen LogP contribution in [0.5, 0.6) is 0 Å². The minimum absolute atomic E-state index is 0.0484. The van der Waals surface area contributed by atoms with E-state index in [-0.39, 0.29) is 35.9 Å². The number of aliphatic hydroxyl groups is 1. The van der Waals surface area contributed by atoms with E-state index < -0.39 is 0 Å². The van der Waals surface area contributed by atoms with Gasteiger partial charge < -0.3 is 15.2 Å². The van der Waals surface area contributed by atoms with Gasteiger partial charge in [-0.1, -0.05) is 23.2 Å². The number of rotatable bonds is 4. The van der Waals surface area contributed by atoms with E-state index in [0.717, 1.165) is 0 Å². The van der Waals surface area contributed by atoms with Crippen LogP contribution in [0, 0.1) is 0 Å². The Balaban J connectivity index is 1.94. The van der Waals surface area contributed by atoms with Crippen molar-refractivity contribution in [3.8, 4) is 0 Å². The molecule has 0 bridgehead atoms. The summed E-state index contributed by atoms with van der Waals surface area (Å²) in [5.74, 6) is 0.0250.